The molecule has 2 aliphatic heterocycles. The first-order chi connectivity index (χ1) is 13.4. The Bertz CT molecular complexity index is 763. The average Bonchev–Trinajstić information content (AvgIpc) is 2.68. The molecule has 0 radical (unpaired) electrons. The molecule has 2 saturated heterocycles. The number of likely N-dealkylation sites (tertiary alicyclic amines) is 1. The van der Waals surface area contributed by atoms with Crippen LogP contribution < -0.4 is 4.90 Å². The fraction of sp³-hybridized carbons (Fsp3) is 0.611. The third-order valence-electron chi connectivity index (χ3n) is 5.56. The number of piperidine rings is 1. The Morgan fingerprint density at radius 2 is 1.79 bits per heavy atom. The molecule has 10 nitrogen and oxygen atoms in total. The molecule has 152 valence electrons. The van der Waals surface area contributed by atoms with E-state index in [0.717, 1.165) is 31.9 Å². The second-order valence-corrected chi connectivity index (χ2v) is 7.38. The van der Waals surface area contributed by atoms with E-state index in [9.17, 15) is 25.0 Å². The molecule has 2 aliphatic rings. The molecule has 0 aliphatic carbocycles. The maximum absolute atomic E-state index is 12.6. The number of carbonyl (C=O) groups is 1. The number of anilines is 1. The number of benzene rings is 1. The van der Waals surface area contributed by atoms with Crippen molar-refractivity contribution in [2.75, 3.05) is 44.2 Å². The van der Waals surface area contributed by atoms with Crippen LogP contribution in [0.2, 0.25) is 0 Å². The molecule has 1 aromatic rings. The summed E-state index contributed by atoms with van der Waals surface area (Å²) >= 11 is 0. The largest absolute Gasteiger partial charge is 0.363 e. The standard InChI is InChI=1S/C18H25N5O5/c1-14-4-2-3-7-21(14)18(24)13-19-8-10-20(11-9-19)16-6-5-15(22(25)26)12-17(16)23(27)28/h5-6,12,14H,2-4,7-11,13H2,1H3. The summed E-state index contributed by atoms with van der Waals surface area (Å²) in [5.41, 5.74) is -0.178. The molecule has 2 fully saturated rings. The molecule has 1 atom stereocenters. The van der Waals surface area contributed by atoms with Gasteiger partial charge in [-0.15, -0.1) is 0 Å². The fourth-order valence-electron chi connectivity index (χ4n) is 3.94. The number of hydrogen-bond acceptors (Lipinski definition) is 7. The highest BCUT2D eigenvalue weighted by molar-refractivity contribution is 5.78. The van der Waals surface area contributed by atoms with Crippen molar-refractivity contribution in [2.24, 2.45) is 0 Å². The van der Waals surface area contributed by atoms with Crippen molar-refractivity contribution < 1.29 is 14.6 Å². The Kier molecular flexibility index (Phi) is 6.08. The van der Waals surface area contributed by atoms with E-state index < -0.39 is 9.85 Å². The first kappa shape index (κ1) is 20.0. The molecule has 1 aromatic carbocycles. The van der Waals surface area contributed by atoms with Crippen molar-refractivity contribution in [1.82, 2.24) is 9.80 Å². The lowest BCUT2D eigenvalue weighted by molar-refractivity contribution is -0.393. The topological polar surface area (TPSA) is 113 Å². The van der Waals surface area contributed by atoms with Crippen LogP contribution in [0.25, 0.3) is 0 Å². The summed E-state index contributed by atoms with van der Waals surface area (Å²) < 4.78 is 0. The van der Waals surface area contributed by atoms with Gasteiger partial charge in [-0.05, 0) is 32.3 Å². The number of hydrogen-bond donors (Lipinski definition) is 0. The lowest BCUT2D eigenvalue weighted by Crippen LogP contribution is -2.52. The molecule has 2 heterocycles. The summed E-state index contributed by atoms with van der Waals surface area (Å²) in [7, 11) is 0. The van der Waals surface area contributed by atoms with Gasteiger partial charge in [-0.1, -0.05) is 0 Å². The van der Waals surface area contributed by atoms with Gasteiger partial charge in [0.25, 0.3) is 11.4 Å². The normalized spacial score (nSPS) is 20.8. The lowest BCUT2D eigenvalue weighted by atomic mass is 10.0. The van der Waals surface area contributed by atoms with E-state index in [-0.39, 0.29) is 23.3 Å². The minimum atomic E-state index is -0.637. The van der Waals surface area contributed by atoms with Crippen molar-refractivity contribution >= 4 is 23.0 Å². The molecular weight excluding hydrogens is 366 g/mol. The van der Waals surface area contributed by atoms with Crippen molar-refractivity contribution in [1.29, 1.82) is 0 Å². The molecule has 3 rings (SSSR count). The summed E-state index contributed by atoms with van der Waals surface area (Å²) in [5.74, 6) is 0.141. The molecular formula is C18H25N5O5. The monoisotopic (exact) mass is 391 g/mol. The van der Waals surface area contributed by atoms with Gasteiger partial charge in [-0.2, -0.15) is 0 Å². The van der Waals surface area contributed by atoms with Crippen LogP contribution in [-0.2, 0) is 4.79 Å². The van der Waals surface area contributed by atoms with Gasteiger partial charge in [0.15, 0.2) is 0 Å². The quantitative estimate of drug-likeness (QED) is 0.557. The van der Waals surface area contributed by atoms with Crippen molar-refractivity contribution in [3.63, 3.8) is 0 Å². The van der Waals surface area contributed by atoms with Crippen LogP contribution in [0.1, 0.15) is 26.2 Å². The second-order valence-electron chi connectivity index (χ2n) is 7.38. The van der Waals surface area contributed by atoms with E-state index in [2.05, 4.69) is 11.8 Å². The van der Waals surface area contributed by atoms with Crippen molar-refractivity contribution in [3.8, 4) is 0 Å². The van der Waals surface area contributed by atoms with E-state index in [1.807, 2.05) is 9.80 Å². The number of amides is 1. The van der Waals surface area contributed by atoms with Gasteiger partial charge in [-0.3, -0.25) is 29.9 Å². The van der Waals surface area contributed by atoms with E-state index in [1.165, 1.54) is 12.1 Å². The molecule has 0 saturated carbocycles. The SMILES string of the molecule is CC1CCCCN1C(=O)CN1CCN(c2ccc([N+](=O)[O-])cc2[N+](=O)[O-])CC1. The minimum Gasteiger partial charge on any atom is -0.363 e. The van der Waals surface area contributed by atoms with E-state index in [0.29, 0.717) is 38.4 Å². The maximum atomic E-state index is 12.6. The predicted molar refractivity (Wildman–Crippen MR) is 103 cm³/mol. The number of non-ortho nitro benzene ring substituents is 1. The molecule has 28 heavy (non-hydrogen) atoms. The summed E-state index contributed by atoms with van der Waals surface area (Å²) in [6.07, 6.45) is 3.26. The van der Waals surface area contributed by atoms with Crippen molar-refractivity contribution in [2.45, 2.75) is 32.2 Å². The smallest absolute Gasteiger partial charge is 0.299 e. The summed E-state index contributed by atoms with van der Waals surface area (Å²) in [6, 6.07) is 4.01. The highest BCUT2D eigenvalue weighted by atomic mass is 16.6. The summed E-state index contributed by atoms with van der Waals surface area (Å²) in [4.78, 5) is 39.5. The van der Waals surface area contributed by atoms with Crippen LogP contribution in [0, 0.1) is 20.2 Å². The van der Waals surface area contributed by atoms with Crippen molar-refractivity contribution in [3.05, 3.63) is 38.4 Å². The van der Waals surface area contributed by atoms with E-state index in [1.54, 1.807) is 0 Å². The molecule has 10 heteroatoms. The van der Waals surface area contributed by atoms with Gasteiger partial charge in [0, 0.05) is 44.8 Å². The highest BCUT2D eigenvalue weighted by Crippen LogP contribution is 2.32. The van der Waals surface area contributed by atoms with Crippen LogP contribution >= 0.6 is 0 Å². The number of nitrogens with zero attached hydrogens (tertiary/aromatic N) is 5. The van der Waals surface area contributed by atoms with E-state index >= 15 is 0 Å². The Morgan fingerprint density at radius 3 is 2.39 bits per heavy atom. The predicted octanol–water partition coefficient (Wildman–Crippen LogP) is 2.03. The van der Waals surface area contributed by atoms with Gasteiger partial charge < -0.3 is 9.80 Å². The van der Waals surface area contributed by atoms with Gasteiger partial charge in [0.2, 0.25) is 5.91 Å². The van der Waals surface area contributed by atoms with E-state index in [4.69, 9.17) is 0 Å². The fourth-order valence-corrected chi connectivity index (χ4v) is 3.94. The highest BCUT2D eigenvalue weighted by Gasteiger charge is 2.29. The molecule has 0 bridgehead atoms. The zero-order valence-electron chi connectivity index (χ0n) is 16.0. The summed E-state index contributed by atoms with van der Waals surface area (Å²) in [5, 5.41) is 22.2. The Morgan fingerprint density at radius 1 is 1.07 bits per heavy atom. The van der Waals surface area contributed by atoms with Gasteiger partial charge in [0.05, 0.1) is 22.5 Å². The molecule has 1 unspecified atom stereocenters. The molecule has 0 aromatic heterocycles. The van der Waals surface area contributed by atoms with Crippen LogP contribution in [0.5, 0.6) is 0 Å². The van der Waals surface area contributed by atoms with Crippen LogP contribution in [0.3, 0.4) is 0 Å². The lowest BCUT2D eigenvalue weighted by Gasteiger charge is -2.38. The first-order valence-corrected chi connectivity index (χ1v) is 9.56. The summed E-state index contributed by atoms with van der Waals surface area (Å²) in [6.45, 7) is 5.55. The van der Waals surface area contributed by atoms with Gasteiger partial charge >= 0.3 is 0 Å². The number of nitro groups is 2. The molecule has 0 N–H and O–H groups in total. The zero-order valence-corrected chi connectivity index (χ0v) is 16.0. The number of piperazine rings is 1. The van der Waals surface area contributed by atoms with Crippen LogP contribution in [0.15, 0.2) is 18.2 Å². The molecule has 0 spiro atoms. The third-order valence-corrected chi connectivity index (χ3v) is 5.56. The Labute approximate surface area is 163 Å². The van der Waals surface area contributed by atoms with Crippen LogP contribution in [0.4, 0.5) is 17.1 Å². The second kappa shape index (κ2) is 8.51. The minimum absolute atomic E-state index is 0.141. The maximum Gasteiger partial charge on any atom is 0.299 e. The zero-order chi connectivity index (χ0) is 20.3. The van der Waals surface area contributed by atoms with Gasteiger partial charge in [0.1, 0.15) is 5.69 Å². The number of nitro benzene ring substituents is 2. The third kappa shape index (κ3) is 4.38. The first-order valence-electron chi connectivity index (χ1n) is 9.56. The number of carbonyl (C=O) groups excluding carboxylic acids is 1. The Balaban J connectivity index is 1.61. The number of rotatable bonds is 5. The van der Waals surface area contributed by atoms with Gasteiger partial charge in [-0.25, -0.2) is 0 Å². The molecule has 1 amide bonds. The Hall–Kier alpha value is -2.75. The van der Waals surface area contributed by atoms with Crippen LogP contribution in [-0.4, -0.2) is 70.9 Å². The average molecular weight is 391 g/mol.